The Balaban J connectivity index is 3.14. The van der Waals surface area contributed by atoms with Gasteiger partial charge in [0.05, 0.1) is 16.3 Å². The van der Waals surface area contributed by atoms with Crippen LogP contribution < -0.4 is 10.5 Å². The van der Waals surface area contributed by atoms with E-state index in [-0.39, 0.29) is 22.9 Å². The van der Waals surface area contributed by atoms with E-state index in [1.807, 2.05) is 0 Å². The summed E-state index contributed by atoms with van der Waals surface area (Å²) in [4.78, 5) is -0.267. The molecule has 1 rings (SSSR count). The Kier molecular flexibility index (Phi) is 6.51. The Morgan fingerprint density at radius 1 is 1.30 bits per heavy atom. The second kappa shape index (κ2) is 7.56. The number of nitrogens with one attached hydrogen (secondary N) is 1. The van der Waals surface area contributed by atoms with Crippen molar-refractivity contribution in [1.29, 1.82) is 0 Å². The van der Waals surface area contributed by atoms with Crippen molar-refractivity contribution in [3.05, 3.63) is 24.0 Å². The van der Waals surface area contributed by atoms with Crippen molar-refractivity contribution in [2.75, 3.05) is 24.1 Å². The van der Waals surface area contributed by atoms with Gasteiger partial charge >= 0.3 is 0 Å². The fourth-order valence-electron chi connectivity index (χ4n) is 1.78. The maximum Gasteiger partial charge on any atom is 0.243 e. The minimum absolute atomic E-state index is 0.118. The van der Waals surface area contributed by atoms with Crippen molar-refractivity contribution in [3.8, 4) is 0 Å². The molecule has 0 amide bonds. The zero-order valence-corrected chi connectivity index (χ0v) is 14.9. The van der Waals surface area contributed by atoms with E-state index in [2.05, 4.69) is 4.72 Å². The fourth-order valence-corrected chi connectivity index (χ4v) is 4.30. The number of halogens is 1. The normalized spacial score (nSPS) is 14.0. The SMILES string of the molecule is CCCS(=O)(=O)Nc1ccc(S(=O)(=O)N(C)C(C)CN)cc1F. The number of nitrogens with zero attached hydrogens (tertiary/aromatic N) is 1. The van der Waals surface area contributed by atoms with Crippen LogP contribution >= 0.6 is 0 Å². The molecule has 23 heavy (non-hydrogen) atoms. The molecule has 1 aromatic carbocycles. The van der Waals surface area contributed by atoms with E-state index in [0.29, 0.717) is 6.42 Å². The molecule has 0 aliphatic heterocycles. The minimum Gasteiger partial charge on any atom is -0.329 e. The monoisotopic (exact) mass is 367 g/mol. The lowest BCUT2D eigenvalue weighted by atomic mass is 10.3. The maximum absolute atomic E-state index is 14.1. The fraction of sp³-hybridized carbons (Fsp3) is 0.538. The van der Waals surface area contributed by atoms with Crippen LogP contribution in [0.2, 0.25) is 0 Å². The molecule has 0 spiro atoms. The van der Waals surface area contributed by atoms with Crippen molar-refractivity contribution in [3.63, 3.8) is 0 Å². The van der Waals surface area contributed by atoms with E-state index in [1.54, 1.807) is 13.8 Å². The molecule has 7 nitrogen and oxygen atoms in total. The molecular weight excluding hydrogens is 345 g/mol. The van der Waals surface area contributed by atoms with Gasteiger partial charge in [-0.1, -0.05) is 6.92 Å². The summed E-state index contributed by atoms with van der Waals surface area (Å²) in [6.45, 7) is 3.42. The van der Waals surface area contributed by atoms with Gasteiger partial charge in [0, 0.05) is 19.6 Å². The molecule has 0 bridgehead atoms. The number of benzene rings is 1. The van der Waals surface area contributed by atoms with Crippen LogP contribution in [-0.2, 0) is 20.0 Å². The highest BCUT2D eigenvalue weighted by molar-refractivity contribution is 7.92. The number of likely N-dealkylation sites (N-methyl/N-ethyl adjacent to an activating group) is 1. The predicted octanol–water partition coefficient (Wildman–Crippen LogP) is 0.945. The van der Waals surface area contributed by atoms with E-state index in [0.717, 1.165) is 22.5 Å². The highest BCUT2D eigenvalue weighted by Crippen LogP contribution is 2.23. The van der Waals surface area contributed by atoms with Crippen molar-refractivity contribution in [1.82, 2.24) is 4.31 Å². The molecule has 0 fully saturated rings. The van der Waals surface area contributed by atoms with Crippen LogP contribution in [0.4, 0.5) is 10.1 Å². The molecule has 10 heteroatoms. The average molecular weight is 367 g/mol. The highest BCUT2D eigenvalue weighted by atomic mass is 32.2. The van der Waals surface area contributed by atoms with Crippen LogP contribution in [0.15, 0.2) is 23.1 Å². The lowest BCUT2D eigenvalue weighted by Gasteiger charge is -2.23. The molecular formula is C13H22FN3O4S2. The molecule has 0 radical (unpaired) electrons. The van der Waals surface area contributed by atoms with Crippen LogP contribution in [0.3, 0.4) is 0 Å². The summed E-state index contributed by atoms with van der Waals surface area (Å²) in [5.74, 6) is -1.11. The topological polar surface area (TPSA) is 110 Å². The first-order chi connectivity index (χ1) is 10.5. The largest absolute Gasteiger partial charge is 0.329 e. The van der Waals surface area contributed by atoms with Gasteiger partial charge < -0.3 is 5.73 Å². The average Bonchev–Trinajstić information content (AvgIpc) is 2.47. The van der Waals surface area contributed by atoms with Crippen LogP contribution in [0.25, 0.3) is 0 Å². The number of hydrogen-bond donors (Lipinski definition) is 2. The smallest absolute Gasteiger partial charge is 0.243 e. The van der Waals surface area contributed by atoms with Gasteiger partial charge in [0.2, 0.25) is 20.0 Å². The second-order valence-electron chi connectivity index (χ2n) is 5.17. The highest BCUT2D eigenvalue weighted by Gasteiger charge is 2.26. The Morgan fingerprint density at radius 2 is 1.91 bits per heavy atom. The van der Waals surface area contributed by atoms with Gasteiger partial charge in [-0.3, -0.25) is 4.72 Å². The summed E-state index contributed by atoms with van der Waals surface area (Å²) in [6.07, 6.45) is 0.380. The third kappa shape index (κ3) is 4.87. The van der Waals surface area contributed by atoms with Crippen molar-refractivity contribution < 1.29 is 21.2 Å². The van der Waals surface area contributed by atoms with E-state index >= 15 is 0 Å². The summed E-state index contributed by atoms with van der Waals surface area (Å²) in [6, 6.07) is 2.59. The molecule has 1 unspecified atom stereocenters. The van der Waals surface area contributed by atoms with E-state index in [4.69, 9.17) is 5.73 Å². The summed E-state index contributed by atoms with van der Waals surface area (Å²) in [5.41, 5.74) is 5.16. The molecule has 0 saturated carbocycles. The standard InChI is InChI=1S/C13H22FN3O4S2/c1-4-7-22(18,19)16-13-6-5-11(8-12(13)14)23(20,21)17(3)10(2)9-15/h5-6,8,10,16H,4,7,9,15H2,1-3H3. The van der Waals surface area contributed by atoms with Gasteiger partial charge in [-0.05, 0) is 31.5 Å². The van der Waals surface area contributed by atoms with Gasteiger partial charge in [0.25, 0.3) is 0 Å². The van der Waals surface area contributed by atoms with Crippen LogP contribution in [-0.4, -0.2) is 46.5 Å². The van der Waals surface area contributed by atoms with Crippen molar-refractivity contribution in [2.45, 2.75) is 31.2 Å². The number of sulfonamides is 2. The van der Waals surface area contributed by atoms with Crippen LogP contribution in [0, 0.1) is 5.82 Å². The Labute approximate surface area is 136 Å². The van der Waals surface area contributed by atoms with Gasteiger partial charge in [-0.15, -0.1) is 0 Å². The lowest BCUT2D eigenvalue weighted by molar-refractivity contribution is 0.394. The zero-order valence-electron chi connectivity index (χ0n) is 13.3. The summed E-state index contributed by atoms with van der Waals surface area (Å²) >= 11 is 0. The Bertz CT molecular complexity index is 750. The van der Waals surface area contributed by atoms with Gasteiger partial charge in [0.1, 0.15) is 5.82 Å². The first kappa shape index (κ1) is 19.8. The first-order valence-corrected chi connectivity index (χ1v) is 10.1. The van der Waals surface area contributed by atoms with E-state index in [9.17, 15) is 21.2 Å². The Morgan fingerprint density at radius 3 is 2.39 bits per heavy atom. The molecule has 0 aliphatic rings. The lowest BCUT2D eigenvalue weighted by Crippen LogP contribution is -2.39. The van der Waals surface area contributed by atoms with E-state index in [1.165, 1.54) is 7.05 Å². The minimum atomic E-state index is -3.91. The summed E-state index contributed by atoms with van der Waals surface area (Å²) in [7, 11) is -6.21. The zero-order chi connectivity index (χ0) is 17.8. The van der Waals surface area contributed by atoms with Crippen molar-refractivity contribution >= 4 is 25.7 Å². The molecule has 0 heterocycles. The molecule has 3 N–H and O–H groups in total. The second-order valence-corrected chi connectivity index (χ2v) is 9.01. The number of rotatable bonds is 8. The molecule has 0 aliphatic carbocycles. The summed E-state index contributed by atoms with van der Waals surface area (Å²) in [5, 5.41) is 0. The molecule has 1 atom stereocenters. The predicted molar refractivity (Wildman–Crippen MR) is 87.6 cm³/mol. The van der Waals surface area contributed by atoms with Crippen LogP contribution in [0.5, 0.6) is 0 Å². The first-order valence-electron chi connectivity index (χ1n) is 7.03. The van der Waals surface area contributed by atoms with Gasteiger partial charge in [-0.25, -0.2) is 21.2 Å². The number of hydrogen-bond acceptors (Lipinski definition) is 5. The maximum atomic E-state index is 14.1. The molecule has 1 aromatic rings. The molecule has 0 saturated heterocycles. The third-order valence-corrected chi connectivity index (χ3v) is 6.76. The van der Waals surface area contributed by atoms with Crippen molar-refractivity contribution in [2.24, 2.45) is 5.73 Å². The van der Waals surface area contributed by atoms with Gasteiger partial charge in [0.15, 0.2) is 0 Å². The summed E-state index contributed by atoms with van der Waals surface area (Å²) < 4.78 is 65.2. The third-order valence-electron chi connectivity index (χ3n) is 3.32. The molecule has 0 aromatic heterocycles. The van der Waals surface area contributed by atoms with Gasteiger partial charge in [-0.2, -0.15) is 4.31 Å². The quantitative estimate of drug-likeness (QED) is 0.711. The Hall–Kier alpha value is -1.23. The molecule has 132 valence electrons. The number of nitrogens with two attached hydrogens (primary N) is 1. The van der Waals surface area contributed by atoms with Crippen LogP contribution in [0.1, 0.15) is 20.3 Å². The van der Waals surface area contributed by atoms with E-state index < -0.39 is 31.9 Å². The number of anilines is 1.